The van der Waals surface area contributed by atoms with Gasteiger partial charge in [0.15, 0.2) is 5.82 Å². The van der Waals surface area contributed by atoms with Crippen molar-refractivity contribution >= 4 is 0 Å². The second-order valence-electron chi connectivity index (χ2n) is 4.59. The summed E-state index contributed by atoms with van der Waals surface area (Å²) in [5, 5.41) is 14.2. The van der Waals surface area contributed by atoms with Crippen molar-refractivity contribution in [2.75, 3.05) is 0 Å². The lowest BCUT2D eigenvalue weighted by molar-refractivity contribution is -0.137. The Labute approximate surface area is 113 Å². The van der Waals surface area contributed by atoms with Crippen LogP contribution in [0, 0.1) is 0 Å². The zero-order chi connectivity index (χ0) is 14.8. The Bertz CT molecular complexity index is 576. The Morgan fingerprint density at radius 1 is 1.30 bits per heavy atom. The summed E-state index contributed by atoms with van der Waals surface area (Å²) < 4.78 is 39.4. The van der Waals surface area contributed by atoms with Crippen LogP contribution in [-0.2, 0) is 12.7 Å². The number of tetrazole rings is 1. The molecule has 20 heavy (non-hydrogen) atoms. The summed E-state index contributed by atoms with van der Waals surface area (Å²) in [6.45, 7) is 4.29. The molecule has 0 atom stereocenters. The predicted molar refractivity (Wildman–Crippen MR) is 66.1 cm³/mol. The molecule has 0 radical (unpaired) electrons. The first-order valence-corrected chi connectivity index (χ1v) is 6.06. The first-order chi connectivity index (χ1) is 9.38. The first kappa shape index (κ1) is 14.4. The number of hydrogen-bond acceptors (Lipinski definition) is 4. The molecule has 0 saturated heterocycles. The van der Waals surface area contributed by atoms with Gasteiger partial charge >= 0.3 is 6.18 Å². The number of alkyl halides is 3. The molecule has 0 saturated carbocycles. The van der Waals surface area contributed by atoms with Crippen LogP contribution in [0.4, 0.5) is 13.2 Å². The fourth-order valence-electron chi connectivity index (χ4n) is 1.63. The van der Waals surface area contributed by atoms with Gasteiger partial charge in [0.05, 0.1) is 17.8 Å². The molecule has 0 aliphatic rings. The van der Waals surface area contributed by atoms with E-state index >= 15 is 0 Å². The van der Waals surface area contributed by atoms with E-state index in [1.54, 1.807) is 0 Å². The minimum Gasteiger partial charge on any atom is -0.308 e. The van der Waals surface area contributed by atoms with Gasteiger partial charge in [-0.25, -0.2) is 0 Å². The third-order valence-corrected chi connectivity index (χ3v) is 2.62. The molecule has 1 N–H and O–H groups in total. The first-order valence-electron chi connectivity index (χ1n) is 6.06. The molecule has 1 aromatic carbocycles. The molecule has 2 rings (SSSR count). The minimum absolute atomic E-state index is 0.224. The Morgan fingerprint density at radius 3 is 2.70 bits per heavy atom. The maximum absolute atomic E-state index is 12.7. The van der Waals surface area contributed by atoms with Crippen molar-refractivity contribution in [1.29, 1.82) is 0 Å². The summed E-state index contributed by atoms with van der Waals surface area (Å²) in [6.07, 6.45) is -4.39. The molecular formula is C12H14F3N5. The van der Waals surface area contributed by atoms with Crippen molar-refractivity contribution in [2.45, 2.75) is 32.6 Å². The van der Waals surface area contributed by atoms with Crippen molar-refractivity contribution in [1.82, 2.24) is 25.5 Å². The Balaban J connectivity index is 2.30. The number of nitrogens with zero attached hydrogens (tertiary/aromatic N) is 4. The molecule has 108 valence electrons. The monoisotopic (exact) mass is 285 g/mol. The SMILES string of the molecule is CC(C)NCc1nnnn1-c1cccc(C(F)(F)F)c1. The molecule has 0 fully saturated rings. The Morgan fingerprint density at radius 2 is 2.05 bits per heavy atom. The molecule has 8 heteroatoms. The van der Waals surface area contributed by atoms with Gasteiger partial charge in [-0.15, -0.1) is 5.10 Å². The zero-order valence-electron chi connectivity index (χ0n) is 11.0. The molecule has 0 unspecified atom stereocenters. The number of aromatic nitrogens is 4. The second-order valence-corrected chi connectivity index (χ2v) is 4.59. The van der Waals surface area contributed by atoms with Crippen LogP contribution in [0.25, 0.3) is 5.69 Å². The highest BCUT2D eigenvalue weighted by Gasteiger charge is 2.30. The van der Waals surface area contributed by atoms with E-state index in [2.05, 4.69) is 20.8 Å². The topological polar surface area (TPSA) is 55.6 Å². The lowest BCUT2D eigenvalue weighted by Crippen LogP contribution is -2.24. The summed E-state index contributed by atoms with van der Waals surface area (Å²) in [6, 6.07) is 5.13. The largest absolute Gasteiger partial charge is 0.416 e. The molecule has 0 aliphatic carbocycles. The molecule has 0 amide bonds. The quantitative estimate of drug-likeness (QED) is 0.935. The maximum atomic E-state index is 12.7. The van der Waals surface area contributed by atoms with Gasteiger partial charge < -0.3 is 5.32 Å². The summed E-state index contributed by atoms with van der Waals surface area (Å²) >= 11 is 0. The van der Waals surface area contributed by atoms with Crippen LogP contribution in [-0.4, -0.2) is 26.2 Å². The van der Waals surface area contributed by atoms with E-state index in [-0.39, 0.29) is 11.7 Å². The van der Waals surface area contributed by atoms with Gasteiger partial charge in [-0.05, 0) is 28.6 Å². The molecule has 0 bridgehead atoms. The predicted octanol–water partition coefficient (Wildman–Crippen LogP) is 2.18. The van der Waals surface area contributed by atoms with E-state index in [9.17, 15) is 13.2 Å². The van der Waals surface area contributed by atoms with Crippen LogP contribution < -0.4 is 5.32 Å². The average molecular weight is 285 g/mol. The Kier molecular flexibility index (Phi) is 4.03. The molecule has 1 heterocycles. The van der Waals surface area contributed by atoms with Gasteiger partial charge in [0.2, 0.25) is 0 Å². The van der Waals surface area contributed by atoms with E-state index in [4.69, 9.17) is 0 Å². The number of rotatable bonds is 4. The third-order valence-electron chi connectivity index (χ3n) is 2.62. The highest BCUT2D eigenvalue weighted by molar-refractivity contribution is 5.36. The van der Waals surface area contributed by atoms with Gasteiger partial charge in [0, 0.05) is 6.04 Å². The number of hydrogen-bond donors (Lipinski definition) is 1. The van der Waals surface area contributed by atoms with Gasteiger partial charge in [-0.3, -0.25) is 0 Å². The maximum Gasteiger partial charge on any atom is 0.416 e. The van der Waals surface area contributed by atoms with Gasteiger partial charge in [-0.2, -0.15) is 17.9 Å². The number of benzene rings is 1. The molecule has 5 nitrogen and oxygen atoms in total. The summed E-state index contributed by atoms with van der Waals surface area (Å²) in [5.74, 6) is 0.457. The lowest BCUT2D eigenvalue weighted by Gasteiger charge is -2.10. The van der Waals surface area contributed by atoms with Crippen LogP contribution in [0.15, 0.2) is 24.3 Å². The summed E-state index contributed by atoms with van der Waals surface area (Å²) in [5.41, 5.74) is -0.446. The van der Waals surface area contributed by atoms with Gasteiger partial charge in [0.25, 0.3) is 0 Å². The van der Waals surface area contributed by atoms with E-state index in [0.29, 0.717) is 12.4 Å². The van der Waals surface area contributed by atoms with Crippen molar-refractivity contribution < 1.29 is 13.2 Å². The van der Waals surface area contributed by atoms with Crippen molar-refractivity contribution in [3.05, 3.63) is 35.7 Å². The molecule has 0 aliphatic heterocycles. The summed E-state index contributed by atoms with van der Waals surface area (Å²) in [7, 11) is 0. The van der Waals surface area contributed by atoms with E-state index < -0.39 is 11.7 Å². The number of halogens is 3. The van der Waals surface area contributed by atoms with Crippen LogP contribution >= 0.6 is 0 Å². The van der Waals surface area contributed by atoms with E-state index in [1.807, 2.05) is 13.8 Å². The molecular weight excluding hydrogens is 271 g/mol. The van der Waals surface area contributed by atoms with E-state index in [1.165, 1.54) is 16.8 Å². The molecule has 0 spiro atoms. The fraction of sp³-hybridized carbons (Fsp3) is 0.417. The smallest absolute Gasteiger partial charge is 0.308 e. The normalized spacial score (nSPS) is 12.1. The average Bonchev–Trinajstić information content (AvgIpc) is 2.83. The number of nitrogens with one attached hydrogen (secondary N) is 1. The van der Waals surface area contributed by atoms with Gasteiger partial charge in [0.1, 0.15) is 0 Å². The molecule has 2 aromatic rings. The minimum atomic E-state index is -4.39. The Hall–Kier alpha value is -1.96. The van der Waals surface area contributed by atoms with Crippen molar-refractivity contribution in [3.63, 3.8) is 0 Å². The zero-order valence-corrected chi connectivity index (χ0v) is 11.0. The highest BCUT2D eigenvalue weighted by atomic mass is 19.4. The van der Waals surface area contributed by atoms with Crippen molar-refractivity contribution in [3.8, 4) is 5.69 Å². The molecule has 1 aromatic heterocycles. The van der Waals surface area contributed by atoms with E-state index in [0.717, 1.165) is 12.1 Å². The van der Waals surface area contributed by atoms with Crippen LogP contribution in [0.2, 0.25) is 0 Å². The van der Waals surface area contributed by atoms with Crippen LogP contribution in [0.1, 0.15) is 25.2 Å². The highest BCUT2D eigenvalue weighted by Crippen LogP contribution is 2.30. The van der Waals surface area contributed by atoms with Gasteiger partial charge in [-0.1, -0.05) is 19.9 Å². The standard InChI is InChI=1S/C12H14F3N5/c1-8(2)16-7-11-17-18-19-20(11)10-5-3-4-9(6-10)12(13,14)15/h3-6,8,16H,7H2,1-2H3. The van der Waals surface area contributed by atoms with Crippen LogP contribution in [0.5, 0.6) is 0 Å². The fourth-order valence-corrected chi connectivity index (χ4v) is 1.63. The lowest BCUT2D eigenvalue weighted by atomic mass is 10.2. The second kappa shape index (κ2) is 5.58. The summed E-state index contributed by atoms with van der Waals surface area (Å²) in [4.78, 5) is 0. The third kappa shape index (κ3) is 3.32. The van der Waals surface area contributed by atoms with Crippen LogP contribution in [0.3, 0.4) is 0 Å². The van der Waals surface area contributed by atoms with Crippen molar-refractivity contribution in [2.24, 2.45) is 0 Å².